The van der Waals surface area contributed by atoms with Gasteiger partial charge in [0.05, 0.1) is 24.2 Å². The quantitative estimate of drug-likeness (QED) is 0.299. The molecule has 208 valence electrons. The number of pyridine rings is 1. The summed E-state index contributed by atoms with van der Waals surface area (Å²) < 4.78 is 27.5. The molecule has 39 heavy (non-hydrogen) atoms. The zero-order valence-electron chi connectivity index (χ0n) is 22.4. The molecule has 10 heteroatoms. The summed E-state index contributed by atoms with van der Waals surface area (Å²) >= 11 is 0. The Morgan fingerprint density at radius 2 is 1.92 bits per heavy atom. The van der Waals surface area contributed by atoms with Crippen LogP contribution >= 0.6 is 0 Å². The van der Waals surface area contributed by atoms with Crippen molar-refractivity contribution in [3.05, 3.63) is 71.8 Å². The molecule has 0 spiro atoms. The third-order valence-electron chi connectivity index (χ3n) is 6.74. The molecule has 1 amide bonds. The third-order valence-corrected chi connectivity index (χ3v) is 6.74. The molecule has 1 aliphatic heterocycles. The molecule has 9 nitrogen and oxygen atoms in total. The Bertz CT molecular complexity index is 1480. The van der Waals surface area contributed by atoms with Crippen LogP contribution in [0, 0.1) is 5.82 Å². The Hall–Kier alpha value is -4.02. The number of ether oxygens (including phenoxy) is 2. The van der Waals surface area contributed by atoms with Crippen molar-refractivity contribution in [1.29, 1.82) is 0 Å². The van der Waals surface area contributed by atoms with Crippen molar-refractivity contribution in [2.45, 2.75) is 19.8 Å². The van der Waals surface area contributed by atoms with Crippen LogP contribution in [0.25, 0.3) is 11.0 Å². The number of carbonyl (C=O) groups excluding carboxylic acids is 1. The van der Waals surface area contributed by atoms with E-state index in [1.54, 1.807) is 24.4 Å². The molecule has 0 aliphatic carbocycles. The van der Waals surface area contributed by atoms with Crippen LogP contribution in [0.1, 0.15) is 38.7 Å². The highest BCUT2D eigenvalue weighted by molar-refractivity contribution is 5.92. The largest absolute Gasteiger partial charge is 0.457 e. The third kappa shape index (κ3) is 6.35. The first kappa shape index (κ1) is 26.6. The first-order chi connectivity index (χ1) is 18.9. The topological polar surface area (TPSA) is 93.5 Å². The van der Waals surface area contributed by atoms with Crippen LogP contribution in [0.5, 0.6) is 11.5 Å². The van der Waals surface area contributed by atoms with Gasteiger partial charge in [0.1, 0.15) is 23.0 Å². The fourth-order valence-electron chi connectivity index (χ4n) is 4.53. The molecule has 5 rings (SSSR count). The van der Waals surface area contributed by atoms with Crippen molar-refractivity contribution in [3.63, 3.8) is 0 Å². The number of rotatable bonds is 9. The number of benzene rings is 2. The number of amides is 1. The van der Waals surface area contributed by atoms with Gasteiger partial charge in [0.2, 0.25) is 5.95 Å². The molecular weight excluding hydrogens is 499 g/mol. The van der Waals surface area contributed by atoms with Gasteiger partial charge in [0.15, 0.2) is 0 Å². The van der Waals surface area contributed by atoms with Gasteiger partial charge < -0.3 is 24.7 Å². The van der Waals surface area contributed by atoms with Crippen LogP contribution in [-0.4, -0.2) is 64.7 Å². The number of halogens is 1. The average molecular weight is 537 g/mol. The zero-order chi connectivity index (χ0) is 27.4. The van der Waals surface area contributed by atoms with Crippen LogP contribution < -0.4 is 15.4 Å². The summed E-state index contributed by atoms with van der Waals surface area (Å²) in [6, 6.07) is 13.9. The van der Waals surface area contributed by atoms with E-state index in [-0.39, 0.29) is 20.5 Å². The molecule has 1 fully saturated rings. The van der Waals surface area contributed by atoms with Gasteiger partial charge in [-0.05, 0) is 47.9 Å². The predicted octanol–water partition coefficient (Wildman–Crippen LogP) is 5.32. The molecule has 0 unspecified atom stereocenters. The lowest BCUT2D eigenvalue weighted by Crippen LogP contribution is -2.41. The smallest absolute Gasteiger partial charge is 0.270 e. The van der Waals surface area contributed by atoms with E-state index in [4.69, 9.17) is 14.5 Å². The molecule has 0 atom stereocenters. The number of anilines is 2. The maximum Gasteiger partial charge on any atom is 0.270 e. The zero-order valence-corrected chi connectivity index (χ0v) is 22.4. The average Bonchev–Trinajstić information content (AvgIpc) is 3.24. The maximum absolute atomic E-state index is 14.1. The molecule has 1 aliphatic rings. The van der Waals surface area contributed by atoms with E-state index in [0.29, 0.717) is 35.2 Å². The van der Waals surface area contributed by atoms with E-state index in [2.05, 4.69) is 20.5 Å². The maximum atomic E-state index is 14.1. The number of nitrogens with one attached hydrogen (secondary N) is 2. The van der Waals surface area contributed by atoms with Crippen LogP contribution in [0.2, 0.25) is 0 Å². The van der Waals surface area contributed by atoms with Crippen molar-refractivity contribution in [3.8, 4) is 11.5 Å². The van der Waals surface area contributed by atoms with Gasteiger partial charge >= 0.3 is 0 Å². The number of carbonyl (C=O) groups is 1. The Morgan fingerprint density at radius 3 is 2.72 bits per heavy atom. The second-order valence-corrected chi connectivity index (χ2v) is 9.85. The van der Waals surface area contributed by atoms with Gasteiger partial charge in [-0.2, -0.15) is 0 Å². The summed E-state index contributed by atoms with van der Waals surface area (Å²) in [6.07, 6.45) is 1.56. The van der Waals surface area contributed by atoms with E-state index < -0.39 is 0 Å². The summed E-state index contributed by atoms with van der Waals surface area (Å²) in [6.45, 7) is 8.44. The Kier molecular flexibility index (Phi) is 8.04. The number of hydrogen-bond donors (Lipinski definition) is 2. The minimum Gasteiger partial charge on any atom is -0.457 e. The highest BCUT2D eigenvalue weighted by Gasteiger charge is 2.14. The summed E-state index contributed by atoms with van der Waals surface area (Å²) in [4.78, 5) is 23.8. The molecule has 1 saturated heterocycles. The first-order valence-corrected chi connectivity index (χ1v) is 13.1. The predicted molar refractivity (Wildman–Crippen MR) is 153 cm³/mol. The van der Waals surface area contributed by atoms with Gasteiger partial charge in [-0.15, -0.1) is 0 Å². The van der Waals surface area contributed by atoms with Crippen molar-refractivity contribution < 1.29 is 21.5 Å². The van der Waals surface area contributed by atoms with Crippen LogP contribution in [0.4, 0.5) is 16.0 Å². The second kappa shape index (κ2) is 11.8. The van der Waals surface area contributed by atoms with Crippen molar-refractivity contribution >= 4 is 28.6 Å². The summed E-state index contributed by atoms with van der Waals surface area (Å²) in [5.41, 5.74) is 3.35. The van der Waals surface area contributed by atoms with Crippen LogP contribution in [0.15, 0.2) is 54.7 Å². The Morgan fingerprint density at radius 1 is 1.13 bits per heavy atom. The molecule has 2 aromatic heterocycles. The molecular formula is C29H37FN6O3. The minimum atomic E-state index is -0.244. The number of imidazole rings is 1. The number of nitrogens with zero attached hydrogens (tertiary/aromatic N) is 4. The van der Waals surface area contributed by atoms with Gasteiger partial charge in [-0.1, -0.05) is 13.8 Å². The van der Waals surface area contributed by atoms with E-state index in [9.17, 15) is 9.18 Å². The Balaban J connectivity index is 0.00000231. The van der Waals surface area contributed by atoms with E-state index >= 15 is 0 Å². The monoisotopic (exact) mass is 536 g/mol. The molecule has 0 radical (unpaired) electrons. The van der Waals surface area contributed by atoms with E-state index in [1.807, 2.05) is 49.7 Å². The van der Waals surface area contributed by atoms with Gasteiger partial charge in [-0.25, -0.2) is 9.37 Å². The van der Waals surface area contributed by atoms with Gasteiger partial charge in [0, 0.05) is 60.1 Å². The van der Waals surface area contributed by atoms with Gasteiger partial charge in [-0.3, -0.25) is 14.7 Å². The minimum absolute atomic E-state index is 0. The number of fused-ring (bicyclic) bond motifs is 1. The molecule has 0 saturated carbocycles. The second-order valence-electron chi connectivity index (χ2n) is 9.85. The standard InChI is InChI=1S/C29H33FN6O3.2H2/c1-19(2)23-16-20(4-6-24(23)30)33-29-34-25-17-21(5-7-27(25)35(29)3)39-22-8-9-31-26(18-22)28(37)32-10-11-36-12-14-38-15-13-36;;/h4-9,16-19H,10-15H2,1-3H3,(H,32,37)(H,33,34);2*1H. The van der Waals surface area contributed by atoms with Crippen LogP contribution in [0.3, 0.4) is 0 Å². The lowest BCUT2D eigenvalue weighted by molar-refractivity contribution is 0.0383. The van der Waals surface area contributed by atoms with Crippen molar-refractivity contribution in [2.75, 3.05) is 44.7 Å². The molecule has 3 heterocycles. The lowest BCUT2D eigenvalue weighted by Gasteiger charge is -2.26. The van der Waals surface area contributed by atoms with Crippen molar-refractivity contribution in [1.82, 2.24) is 24.8 Å². The summed E-state index contributed by atoms with van der Waals surface area (Å²) in [5.74, 6) is 1.33. The molecule has 2 aromatic carbocycles. The fraction of sp³-hybridized carbons (Fsp3) is 0.345. The number of hydrogen-bond acceptors (Lipinski definition) is 7. The Labute approximate surface area is 229 Å². The first-order valence-electron chi connectivity index (χ1n) is 13.1. The normalized spacial score (nSPS) is 14.1. The fourth-order valence-corrected chi connectivity index (χ4v) is 4.53. The number of aryl methyl sites for hydroxylation is 1. The molecule has 4 aromatic rings. The SMILES string of the molecule is CC(C)c1cc(Nc2nc3cc(Oc4ccnc(C(=O)NCCN5CCOCC5)c4)ccc3n2C)ccc1F.[HH].[HH]. The highest BCUT2D eigenvalue weighted by Crippen LogP contribution is 2.29. The summed E-state index contributed by atoms with van der Waals surface area (Å²) in [7, 11) is 1.91. The van der Waals surface area contributed by atoms with E-state index in [0.717, 1.165) is 49.6 Å². The number of aromatic nitrogens is 3. The summed E-state index contributed by atoms with van der Waals surface area (Å²) in [5, 5.41) is 6.22. The van der Waals surface area contributed by atoms with Gasteiger partial charge in [0.25, 0.3) is 5.91 Å². The molecule has 0 bridgehead atoms. The highest BCUT2D eigenvalue weighted by atomic mass is 19.1. The van der Waals surface area contributed by atoms with E-state index in [1.165, 1.54) is 6.07 Å². The van der Waals surface area contributed by atoms with Crippen molar-refractivity contribution in [2.24, 2.45) is 7.05 Å². The lowest BCUT2D eigenvalue weighted by atomic mass is 10.0. The molecule has 2 N–H and O–H groups in total. The number of morpholine rings is 1. The van der Waals surface area contributed by atoms with Crippen LogP contribution in [-0.2, 0) is 11.8 Å².